The first-order valence-electron chi connectivity index (χ1n) is 6.00. The highest BCUT2D eigenvalue weighted by molar-refractivity contribution is 5.77. The van der Waals surface area contributed by atoms with Gasteiger partial charge in [0.25, 0.3) is 5.56 Å². The van der Waals surface area contributed by atoms with Crippen LogP contribution in [0.2, 0.25) is 0 Å². The van der Waals surface area contributed by atoms with Crippen LogP contribution < -0.4 is 5.56 Å². The Kier molecular flexibility index (Phi) is 2.89. The molecule has 1 aromatic carbocycles. The van der Waals surface area contributed by atoms with Gasteiger partial charge in [-0.25, -0.2) is 4.98 Å². The second-order valence-corrected chi connectivity index (χ2v) is 4.38. The molecule has 0 saturated carbocycles. The lowest BCUT2D eigenvalue weighted by Gasteiger charge is -2.04. The number of para-hydroxylation sites is 1. The zero-order valence-corrected chi connectivity index (χ0v) is 10.2. The lowest BCUT2D eigenvalue weighted by atomic mass is 10.2. The summed E-state index contributed by atoms with van der Waals surface area (Å²) >= 11 is 0. The van der Waals surface area contributed by atoms with Gasteiger partial charge >= 0.3 is 0 Å². The summed E-state index contributed by atoms with van der Waals surface area (Å²) in [6.45, 7) is 0.481. The quantitative estimate of drug-likeness (QED) is 0.740. The van der Waals surface area contributed by atoms with E-state index in [0.29, 0.717) is 23.3 Å². The summed E-state index contributed by atoms with van der Waals surface area (Å²) < 4.78 is 1.87. The van der Waals surface area contributed by atoms with Crippen molar-refractivity contribution < 1.29 is 5.11 Å². The molecule has 5 nitrogen and oxygen atoms in total. The van der Waals surface area contributed by atoms with Crippen molar-refractivity contribution >= 4 is 10.9 Å². The minimum Gasteiger partial charge on any atom is -0.392 e. The van der Waals surface area contributed by atoms with Crippen LogP contribution >= 0.6 is 0 Å². The minimum atomic E-state index is -0.130. The number of aromatic amines is 1. The van der Waals surface area contributed by atoms with Gasteiger partial charge in [-0.15, -0.1) is 0 Å². The number of aliphatic hydroxyl groups is 1. The average Bonchev–Trinajstić information content (AvgIpc) is 2.86. The largest absolute Gasteiger partial charge is 0.392 e. The van der Waals surface area contributed by atoms with Crippen LogP contribution in [0.15, 0.2) is 47.5 Å². The van der Waals surface area contributed by atoms with Crippen molar-refractivity contribution in [3.63, 3.8) is 0 Å². The van der Waals surface area contributed by atoms with Crippen LogP contribution in [0.1, 0.15) is 11.4 Å². The van der Waals surface area contributed by atoms with Crippen LogP contribution in [0.25, 0.3) is 10.9 Å². The molecule has 0 atom stereocenters. The number of hydrogen-bond donors (Lipinski definition) is 2. The van der Waals surface area contributed by atoms with E-state index >= 15 is 0 Å². The van der Waals surface area contributed by atoms with E-state index in [1.807, 2.05) is 41.2 Å². The molecule has 0 unspecified atom stereocenters. The van der Waals surface area contributed by atoms with Gasteiger partial charge < -0.3 is 14.7 Å². The number of nitrogens with zero attached hydrogens (tertiary/aromatic N) is 2. The Morgan fingerprint density at radius 3 is 2.89 bits per heavy atom. The third-order valence-corrected chi connectivity index (χ3v) is 2.99. The highest BCUT2D eigenvalue weighted by atomic mass is 16.3. The fourth-order valence-electron chi connectivity index (χ4n) is 2.07. The molecule has 0 aliphatic heterocycles. The minimum absolute atomic E-state index is 0.00860. The monoisotopic (exact) mass is 255 g/mol. The van der Waals surface area contributed by atoms with E-state index in [9.17, 15) is 4.79 Å². The summed E-state index contributed by atoms with van der Waals surface area (Å²) in [4.78, 5) is 19.1. The zero-order valence-electron chi connectivity index (χ0n) is 10.2. The van der Waals surface area contributed by atoms with Crippen LogP contribution in [0.3, 0.4) is 0 Å². The first-order chi connectivity index (χ1) is 9.26. The number of hydrogen-bond acceptors (Lipinski definition) is 3. The van der Waals surface area contributed by atoms with E-state index in [1.165, 1.54) is 0 Å². The highest BCUT2D eigenvalue weighted by Gasteiger charge is 2.04. The third kappa shape index (κ3) is 2.28. The zero-order chi connectivity index (χ0) is 13.2. The number of benzene rings is 1. The normalized spacial score (nSPS) is 11.0. The fourth-order valence-corrected chi connectivity index (χ4v) is 2.07. The number of aliphatic hydroxyl groups excluding tert-OH is 1. The molecule has 0 saturated heterocycles. The molecule has 19 heavy (non-hydrogen) atoms. The van der Waals surface area contributed by atoms with Crippen molar-refractivity contribution in [3.05, 3.63) is 64.5 Å². The van der Waals surface area contributed by atoms with Gasteiger partial charge in [0.15, 0.2) is 0 Å². The number of aromatic nitrogens is 3. The molecule has 0 bridgehead atoms. The molecule has 0 fully saturated rings. The van der Waals surface area contributed by atoms with Gasteiger partial charge in [0.05, 0.1) is 24.1 Å². The van der Waals surface area contributed by atoms with Crippen LogP contribution in [0.4, 0.5) is 0 Å². The predicted octanol–water partition coefficient (Wildman–Crippen LogP) is 1.27. The van der Waals surface area contributed by atoms with Crippen molar-refractivity contribution in [1.29, 1.82) is 0 Å². The molecule has 2 N–H and O–H groups in total. The van der Waals surface area contributed by atoms with Crippen LogP contribution in [-0.4, -0.2) is 19.6 Å². The third-order valence-electron chi connectivity index (χ3n) is 2.99. The van der Waals surface area contributed by atoms with Gasteiger partial charge in [-0.3, -0.25) is 4.79 Å². The van der Waals surface area contributed by atoms with Crippen molar-refractivity contribution in [3.8, 4) is 0 Å². The average molecular weight is 255 g/mol. The van der Waals surface area contributed by atoms with Crippen molar-refractivity contribution in [1.82, 2.24) is 14.5 Å². The molecular weight excluding hydrogens is 242 g/mol. The topological polar surface area (TPSA) is 70.9 Å². The van der Waals surface area contributed by atoms with E-state index in [-0.39, 0.29) is 12.2 Å². The van der Waals surface area contributed by atoms with E-state index in [0.717, 1.165) is 5.56 Å². The lowest BCUT2D eigenvalue weighted by molar-refractivity contribution is 0.281. The maximum absolute atomic E-state index is 11.9. The summed E-state index contributed by atoms with van der Waals surface area (Å²) in [5.41, 5.74) is 1.40. The summed E-state index contributed by atoms with van der Waals surface area (Å²) in [5, 5.41) is 9.61. The number of fused-ring (bicyclic) bond motifs is 1. The van der Waals surface area contributed by atoms with E-state index in [2.05, 4.69) is 9.97 Å². The van der Waals surface area contributed by atoms with Crippen LogP contribution in [0, 0.1) is 0 Å². The maximum Gasteiger partial charge on any atom is 0.258 e. The molecule has 0 amide bonds. The molecule has 0 spiro atoms. The van der Waals surface area contributed by atoms with Gasteiger partial charge in [0.2, 0.25) is 0 Å². The standard InChI is InChI=1S/C14H13N3O2/c18-9-10-5-6-17(7-10)8-13-15-12-4-2-1-3-11(12)14(19)16-13/h1-7,18H,8-9H2,(H,15,16,19). The Morgan fingerprint density at radius 2 is 2.11 bits per heavy atom. The van der Waals surface area contributed by atoms with Crippen LogP contribution in [-0.2, 0) is 13.2 Å². The second-order valence-electron chi connectivity index (χ2n) is 4.38. The molecule has 3 aromatic rings. The summed E-state index contributed by atoms with van der Waals surface area (Å²) in [5.74, 6) is 0.601. The molecule has 0 radical (unpaired) electrons. The van der Waals surface area contributed by atoms with Gasteiger partial charge in [0.1, 0.15) is 5.82 Å². The smallest absolute Gasteiger partial charge is 0.258 e. The Hall–Kier alpha value is -2.40. The first-order valence-corrected chi connectivity index (χ1v) is 6.00. The Balaban J connectivity index is 1.99. The Bertz CT molecular complexity index is 773. The Labute approximate surface area is 109 Å². The molecule has 2 heterocycles. The predicted molar refractivity (Wildman–Crippen MR) is 71.8 cm³/mol. The number of rotatable bonds is 3. The molecule has 3 rings (SSSR count). The van der Waals surface area contributed by atoms with Crippen molar-refractivity contribution in [2.45, 2.75) is 13.2 Å². The molecule has 0 aliphatic carbocycles. The van der Waals surface area contributed by atoms with Gasteiger partial charge in [-0.1, -0.05) is 12.1 Å². The maximum atomic E-state index is 11.9. The summed E-state index contributed by atoms with van der Waals surface area (Å²) in [6.07, 6.45) is 3.68. The molecule has 96 valence electrons. The summed E-state index contributed by atoms with van der Waals surface area (Å²) in [6, 6.07) is 9.09. The molecule has 2 aromatic heterocycles. The van der Waals surface area contributed by atoms with Gasteiger partial charge in [-0.2, -0.15) is 0 Å². The number of nitrogens with one attached hydrogen (secondary N) is 1. The van der Waals surface area contributed by atoms with Gasteiger partial charge in [-0.05, 0) is 23.8 Å². The lowest BCUT2D eigenvalue weighted by Crippen LogP contribution is -2.13. The molecule has 0 aliphatic rings. The Morgan fingerprint density at radius 1 is 1.26 bits per heavy atom. The van der Waals surface area contributed by atoms with E-state index in [4.69, 9.17) is 5.11 Å². The fraction of sp³-hybridized carbons (Fsp3) is 0.143. The van der Waals surface area contributed by atoms with Crippen LogP contribution in [0.5, 0.6) is 0 Å². The first kappa shape index (κ1) is 11.7. The second kappa shape index (κ2) is 4.70. The van der Waals surface area contributed by atoms with Crippen molar-refractivity contribution in [2.24, 2.45) is 0 Å². The van der Waals surface area contributed by atoms with Gasteiger partial charge in [0, 0.05) is 12.4 Å². The molecular formula is C14H13N3O2. The summed E-state index contributed by atoms with van der Waals surface area (Å²) in [7, 11) is 0. The number of H-pyrrole nitrogens is 1. The SMILES string of the molecule is O=c1[nH]c(Cn2ccc(CO)c2)nc2ccccc12. The van der Waals surface area contributed by atoms with E-state index in [1.54, 1.807) is 6.07 Å². The molecule has 5 heteroatoms. The van der Waals surface area contributed by atoms with E-state index < -0.39 is 0 Å². The highest BCUT2D eigenvalue weighted by Crippen LogP contribution is 2.07. The van der Waals surface area contributed by atoms with Crippen molar-refractivity contribution in [2.75, 3.05) is 0 Å².